The Morgan fingerprint density at radius 3 is 1.86 bits per heavy atom. The molecule has 0 amide bonds. The average Bonchev–Trinajstić information content (AvgIpc) is 2.71. The van der Waals surface area contributed by atoms with Gasteiger partial charge in [0.25, 0.3) is 0 Å². The van der Waals surface area contributed by atoms with E-state index in [-0.39, 0.29) is 11.2 Å². The van der Waals surface area contributed by atoms with Gasteiger partial charge in [0.15, 0.2) is 0 Å². The molecule has 1 fully saturated rings. The van der Waals surface area contributed by atoms with Gasteiger partial charge in [-0.1, -0.05) is 27.7 Å². The number of nitrogens with zero attached hydrogens (tertiary/aromatic N) is 1. The highest BCUT2D eigenvalue weighted by Crippen LogP contribution is 2.36. The fourth-order valence-corrected chi connectivity index (χ4v) is 1.76. The maximum Gasteiger partial charge on any atom is 0.496 e. The quantitative estimate of drug-likeness (QED) is 0.851. The lowest BCUT2D eigenvalue weighted by atomic mass is 9.80. The lowest BCUT2D eigenvalue weighted by Gasteiger charge is -2.32. The molecule has 0 atom stereocenters. The largest absolute Gasteiger partial charge is 0.496 e. The molecule has 0 radical (unpaired) electrons. The predicted octanol–water partition coefficient (Wildman–Crippen LogP) is 3.02. The van der Waals surface area contributed by atoms with Gasteiger partial charge in [0, 0.05) is 11.7 Å². The van der Waals surface area contributed by atoms with Crippen LogP contribution >= 0.6 is 0 Å². The molecule has 2 heterocycles. The fourth-order valence-electron chi connectivity index (χ4n) is 1.76. The molecule has 2 N–H and O–H groups in total. The fraction of sp³-hybridized carbons (Fsp3) is 0.688. The van der Waals surface area contributed by atoms with Crippen molar-refractivity contribution in [2.24, 2.45) is 0 Å². The maximum atomic E-state index is 5.92. The summed E-state index contributed by atoms with van der Waals surface area (Å²) < 4.78 is 16.9. The van der Waals surface area contributed by atoms with Crippen LogP contribution in [0.2, 0.25) is 0 Å². The zero-order chi connectivity index (χ0) is 17.6. The van der Waals surface area contributed by atoms with Gasteiger partial charge < -0.3 is 19.8 Å². The number of rotatable bonds is 2. The van der Waals surface area contributed by atoms with Crippen LogP contribution < -0.4 is 15.9 Å². The van der Waals surface area contributed by atoms with E-state index in [0.717, 1.165) is 5.46 Å². The Kier molecular flexibility index (Phi) is 7.91. The highest BCUT2D eigenvalue weighted by molar-refractivity contribution is 6.62. The molecule has 0 aromatic carbocycles. The molecule has 6 heteroatoms. The van der Waals surface area contributed by atoms with Gasteiger partial charge in [-0.25, -0.2) is 4.98 Å². The average molecular weight is 310 g/mol. The Bertz CT molecular complexity index is 449. The normalized spacial score (nSPS) is 17.8. The number of anilines is 1. The summed E-state index contributed by atoms with van der Waals surface area (Å²) in [6.45, 7) is 16.0. The predicted molar refractivity (Wildman–Crippen MR) is 93.6 cm³/mol. The number of pyridine rings is 1. The molecule has 126 valence electrons. The van der Waals surface area contributed by atoms with Crippen molar-refractivity contribution in [1.82, 2.24) is 4.98 Å². The summed E-state index contributed by atoms with van der Waals surface area (Å²) in [5, 5.41) is 0. The first-order valence-electron chi connectivity index (χ1n) is 7.92. The first-order chi connectivity index (χ1) is 10.3. The summed E-state index contributed by atoms with van der Waals surface area (Å²) in [4.78, 5) is 4.13. The molecule has 1 aliphatic rings. The summed E-state index contributed by atoms with van der Waals surface area (Å²) in [6.07, 6.45) is 1.66. The van der Waals surface area contributed by atoms with Crippen molar-refractivity contribution in [2.45, 2.75) is 66.6 Å². The van der Waals surface area contributed by atoms with E-state index in [4.69, 9.17) is 19.8 Å². The zero-order valence-corrected chi connectivity index (χ0v) is 15.5. The van der Waals surface area contributed by atoms with E-state index in [0.29, 0.717) is 11.6 Å². The molecule has 1 saturated heterocycles. The lowest BCUT2D eigenvalue weighted by molar-refractivity contribution is 0.00578. The van der Waals surface area contributed by atoms with Crippen LogP contribution in [-0.2, 0) is 9.31 Å². The van der Waals surface area contributed by atoms with Crippen molar-refractivity contribution in [2.75, 3.05) is 12.8 Å². The second kappa shape index (κ2) is 8.39. The highest BCUT2D eigenvalue weighted by Gasteiger charge is 2.51. The number of aromatic nitrogens is 1. The Hall–Kier alpha value is -1.27. The maximum absolute atomic E-state index is 5.92. The molecular formula is C16H31BN2O3. The Labute approximate surface area is 135 Å². The van der Waals surface area contributed by atoms with E-state index in [9.17, 15) is 0 Å². The molecule has 1 aromatic heterocycles. The third kappa shape index (κ3) is 4.37. The summed E-state index contributed by atoms with van der Waals surface area (Å²) in [5.74, 6) is 0.412. The Morgan fingerprint density at radius 2 is 1.50 bits per heavy atom. The molecule has 5 nitrogen and oxygen atoms in total. The molecule has 1 aliphatic heterocycles. The summed E-state index contributed by atoms with van der Waals surface area (Å²) >= 11 is 0. The first-order valence-corrected chi connectivity index (χ1v) is 7.92. The summed E-state index contributed by atoms with van der Waals surface area (Å²) in [5.41, 5.74) is 6.37. The van der Waals surface area contributed by atoms with Gasteiger partial charge in [-0.2, -0.15) is 0 Å². The molecule has 0 aliphatic carbocycles. The molecule has 0 saturated carbocycles. The third-order valence-corrected chi connectivity index (χ3v) is 3.62. The third-order valence-electron chi connectivity index (χ3n) is 3.62. The van der Waals surface area contributed by atoms with Crippen LogP contribution in [0.3, 0.4) is 0 Å². The number of nitrogens with two attached hydrogens (primary N) is 1. The second-order valence-corrected chi connectivity index (χ2v) is 5.46. The van der Waals surface area contributed by atoms with E-state index in [2.05, 4.69) is 4.98 Å². The molecule has 22 heavy (non-hydrogen) atoms. The zero-order valence-electron chi connectivity index (χ0n) is 15.5. The van der Waals surface area contributed by atoms with Crippen molar-refractivity contribution in [3.8, 4) is 5.88 Å². The SMILES string of the molecule is CC.CC.COc1ncc(B2OC(C)(C)C(C)(C)O2)cc1N. The van der Waals surface area contributed by atoms with E-state index < -0.39 is 7.12 Å². The molecule has 0 unspecified atom stereocenters. The van der Waals surface area contributed by atoms with Crippen molar-refractivity contribution in [3.63, 3.8) is 0 Å². The topological polar surface area (TPSA) is 66.6 Å². The minimum Gasteiger partial charge on any atom is -0.480 e. The van der Waals surface area contributed by atoms with Crippen LogP contribution in [0.1, 0.15) is 55.4 Å². The first kappa shape index (κ1) is 20.7. The number of ether oxygens (including phenoxy) is 1. The minimum atomic E-state index is -0.448. The van der Waals surface area contributed by atoms with Gasteiger partial charge in [-0.3, -0.25) is 0 Å². The molecular weight excluding hydrogens is 279 g/mol. The van der Waals surface area contributed by atoms with Gasteiger partial charge in [0.1, 0.15) is 0 Å². The van der Waals surface area contributed by atoms with Crippen molar-refractivity contribution >= 4 is 18.3 Å². The van der Waals surface area contributed by atoms with Crippen LogP contribution in [0.15, 0.2) is 12.3 Å². The van der Waals surface area contributed by atoms with Crippen molar-refractivity contribution in [1.29, 1.82) is 0 Å². The molecule has 2 rings (SSSR count). The van der Waals surface area contributed by atoms with Crippen LogP contribution in [0, 0.1) is 0 Å². The van der Waals surface area contributed by atoms with E-state index in [1.54, 1.807) is 12.3 Å². The van der Waals surface area contributed by atoms with E-state index in [1.807, 2.05) is 55.4 Å². The number of hydrogen-bond acceptors (Lipinski definition) is 5. The smallest absolute Gasteiger partial charge is 0.480 e. The molecule has 0 bridgehead atoms. The standard InChI is InChI=1S/C12H19BN2O3.2C2H6/c1-11(2)12(3,4)18-13(17-11)8-6-9(14)10(16-5)15-7-8;2*1-2/h6-7H,14H2,1-5H3;2*1-2H3. The number of nitrogen functional groups attached to an aromatic ring is 1. The van der Waals surface area contributed by atoms with Crippen LogP contribution in [0.5, 0.6) is 5.88 Å². The molecule has 0 spiro atoms. The van der Waals surface area contributed by atoms with Gasteiger partial charge >= 0.3 is 7.12 Å². The van der Waals surface area contributed by atoms with Gasteiger partial charge in [0.2, 0.25) is 5.88 Å². The van der Waals surface area contributed by atoms with Crippen LogP contribution in [0.25, 0.3) is 0 Å². The Morgan fingerprint density at radius 1 is 1.05 bits per heavy atom. The number of hydrogen-bond donors (Lipinski definition) is 1. The van der Waals surface area contributed by atoms with Crippen LogP contribution in [-0.4, -0.2) is 30.4 Å². The van der Waals surface area contributed by atoms with Crippen molar-refractivity contribution < 1.29 is 14.0 Å². The minimum absolute atomic E-state index is 0.369. The highest BCUT2D eigenvalue weighted by atomic mass is 16.7. The van der Waals surface area contributed by atoms with Gasteiger partial charge in [0.05, 0.1) is 24.0 Å². The second-order valence-electron chi connectivity index (χ2n) is 5.46. The van der Waals surface area contributed by atoms with E-state index >= 15 is 0 Å². The lowest BCUT2D eigenvalue weighted by Crippen LogP contribution is -2.41. The van der Waals surface area contributed by atoms with Crippen LogP contribution in [0.4, 0.5) is 5.69 Å². The van der Waals surface area contributed by atoms with Gasteiger partial charge in [-0.05, 0) is 33.8 Å². The monoisotopic (exact) mass is 310 g/mol. The van der Waals surface area contributed by atoms with Gasteiger partial charge in [-0.15, -0.1) is 0 Å². The number of methoxy groups -OCH3 is 1. The summed E-state index contributed by atoms with van der Waals surface area (Å²) in [7, 11) is 1.09. The van der Waals surface area contributed by atoms with E-state index in [1.165, 1.54) is 7.11 Å². The Balaban J connectivity index is 0.00000102. The van der Waals surface area contributed by atoms with Crippen molar-refractivity contribution in [3.05, 3.63) is 12.3 Å². The molecule has 1 aromatic rings. The summed E-state index contributed by atoms with van der Waals surface area (Å²) in [6, 6.07) is 1.77.